The summed E-state index contributed by atoms with van der Waals surface area (Å²) in [6.07, 6.45) is 6.60. The predicted molar refractivity (Wildman–Crippen MR) is 107 cm³/mol. The molecule has 0 aliphatic carbocycles. The van der Waals surface area contributed by atoms with Crippen molar-refractivity contribution in [3.05, 3.63) is 18.5 Å². The number of likely N-dealkylation sites (tertiary alicyclic amines) is 1. The van der Waals surface area contributed by atoms with Gasteiger partial charge >= 0.3 is 0 Å². The lowest BCUT2D eigenvalue weighted by molar-refractivity contribution is -0.110. The molecule has 3 N–H and O–H groups in total. The minimum Gasteiger partial charge on any atom is -0.372 e. The lowest BCUT2D eigenvalue weighted by Crippen LogP contribution is -2.34. The molecule has 9 nitrogen and oxygen atoms in total. The van der Waals surface area contributed by atoms with Crippen molar-refractivity contribution in [2.45, 2.75) is 25.8 Å². The molecule has 0 aromatic carbocycles. The van der Waals surface area contributed by atoms with Crippen LogP contribution in [0.4, 0.5) is 5.82 Å². The van der Waals surface area contributed by atoms with Gasteiger partial charge in [0.15, 0.2) is 5.65 Å². The number of amides is 1. The molecular formula is C18H30N6O3. The van der Waals surface area contributed by atoms with E-state index in [0.29, 0.717) is 12.0 Å². The van der Waals surface area contributed by atoms with Crippen molar-refractivity contribution in [3.8, 4) is 0 Å². The fourth-order valence-electron chi connectivity index (χ4n) is 2.67. The molecule has 1 amide bonds. The highest BCUT2D eigenvalue weighted by molar-refractivity contribution is 5.71. The van der Waals surface area contributed by atoms with Crippen LogP contribution in [0.25, 0.3) is 11.2 Å². The van der Waals surface area contributed by atoms with Gasteiger partial charge in [0.25, 0.3) is 0 Å². The van der Waals surface area contributed by atoms with Crippen LogP contribution in [-0.4, -0.2) is 73.1 Å². The number of aromatic amines is 1. The van der Waals surface area contributed by atoms with E-state index in [1.54, 1.807) is 6.20 Å². The molecule has 1 aliphatic heterocycles. The number of carbonyl (C=O) groups excluding carboxylic acids is 3. The van der Waals surface area contributed by atoms with Crippen LogP contribution in [0.3, 0.4) is 0 Å². The molecule has 0 bridgehead atoms. The molecule has 2 aromatic heterocycles. The molecule has 3 heterocycles. The summed E-state index contributed by atoms with van der Waals surface area (Å²) in [6.45, 7) is 8.45. The summed E-state index contributed by atoms with van der Waals surface area (Å²) in [4.78, 5) is 40.0. The number of hydrogen-bond acceptors (Lipinski definition) is 7. The lowest BCUT2D eigenvalue weighted by atomic mass is 9.97. The molecule has 150 valence electrons. The molecule has 0 saturated carbocycles. The van der Waals surface area contributed by atoms with Gasteiger partial charge in [0.05, 0.1) is 6.20 Å². The van der Waals surface area contributed by atoms with E-state index in [-0.39, 0.29) is 0 Å². The van der Waals surface area contributed by atoms with Gasteiger partial charge in [-0.1, -0.05) is 6.92 Å². The van der Waals surface area contributed by atoms with E-state index in [1.807, 2.05) is 32.9 Å². The number of anilines is 1. The van der Waals surface area contributed by atoms with Crippen LogP contribution in [0.15, 0.2) is 18.5 Å². The molecule has 2 aromatic rings. The molecule has 0 radical (unpaired) electrons. The van der Waals surface area contributed by atoms with Crippen LogP contribution in [0.5, 0.6) is 0 Å². The average molecular weight is 378 g/mol. The third kappa shape index (κ3) is 8.41. The van der Waals surface area contributed by atoms with Gasteiger partial charge in [0.1, 0.15) is 24.9 Å². The molecule has 27 heavy (non-hydrogen) atoms. The van der Waals surface area contributed by atoms with Crippen molar-refractivity contribution in [2.24, 2.45) is 5.92 Å². The van der Waals surface area contributed by atoms with E-state index in [1.165, 1.54) is 6.42 Å². The van der Waals surface area contributed by atoms with Gasteiger partial charge in [0, 0.05) is 19.3 Å². The second-order valence-corrected chi connectivity index (χ2v) is 5.97. The standard InChI is InChI=1S/C9H18N2O.C7H8N4.2CH2O/c1-8-3-5-11(2)6-4-9(8)10-7-12;1-8-6-4-10-7-5(11-6)2-3-9-7;2*1-2/h7-9H,3-6H2,1-2H3,(H,10,12);2-4H,1H3,(H,8,11)(H,9,10);2*1H2. The van der Waals surface area contributed by atoms with E-state index in [4.69, 9.17) is 9.59 Å². The Bertz CT molecular complexity index is 649. The summed E-state index contributed by atoms with van der Waals surface area (Å²) in [6, 6.07) is 2.27. The molecule has 1 saturated heterocycles. The van der Waals surface area contributed by atoms with Crippen LogP contribution in [0.1, 0.15) is 19.8 Å². The van der Waals surface area contributed by atoms with E-state index in [2.05, 4.69) is 44.5 Å². The minimum atomic E-state index is 0.382. The van der Waals surface area contributed by atoms with Gasteiger partial charge in [-0.2, -0.15) is 0 Å². The number of carbonyl (C=O) groups is 3. The average Bonchev–Trinajstić information content (AvgIpc) is 3.14. The molecular weight excluding hydrogens is 348 g/mol. The summed E-state index contributed by atoms with van der Waals surface area (Å²) in [7, 11) is 3.96. The van der Waals surface area contributed by atoms with E-state index in [9.17, 15) is 4.79 Å². The fourth-order valence-corrected chi connectivity index (χ4v) is 2.67. The second kappa shape index (κ2) is 14.4. The van der Waals surface area contributed by atoms with Gasteiger partial charge in [-0.05, 0) is 45.0 Å². The summed E-state index contributed by atoms with van der Waals surface area (Å²) < 4.78 is 0. The van der Waals surface area contributed by atoms with Crippen molar-refractivity contribution in [1.29, 1.82) is 0 Å². The van der Waals surface area contributed by atoms with Crippen molar-refractivity contribution < 1.29 is 14.4 Å². The maximum Gasteiger partial charge on any atom is 0.207 e. The first-order valence-electron chi connectivity index (χ1n) is 8.58. The summed E-state index contributed by atoms with van der Waals surface area (Å²) >= 11 is 0. The van der Waals surface area contributed by atoms with E-state index >= 15 is 0 Å². The number of H-pyrrole nitrogens is 1. The van der Waals surface area contributed by atoms with Gasteiger partial charge < -0.3 is 30.1 Å². The predicted octanol–water partition coefficient (Wildman–Crippen LogP) is 1.09. The number of aromatic nitrogens is 3. The Morgan fingerprint density at radius 1 is 1.26 bits per heavy atom. The van der Waals surface area contributed by atoms with Gasteiger partial charge in [-0.25, -0.2) is 9.97 Å². The summed E-state index contributed by atoms with van der Waals surface area (Å²) in [5.41, 5.74) is 1.71. The summed E-state index contributed by atoms with van der Waals surface area (Å²) in [5.74, 6) is 1.40. The van der Waals surface area contributed by atoms with Crippen LogP contribution in [-0.2, 0) is 14.4 Å². The van der Waals surface area contributed by atoms with Crippen LogP contribution >= 0.6 is 0 Å². The lowest BCUT2D eigenvalue weighted by Gasteiger charge is -2.19. The van der Waals surface area contributed by atoms with Gasteiger partial charge in [0.2, 0.25) is 6.41 Å². The molecule has 3 rings (SSSR count). The Morgan fingerprint density at radius 2 is 1.93 bits per heavy atom. The molecule has 0 spiro atoms. The van der Waals surface area contributed by atoms with Crippen molar-refractivity contribution in [2.75, 3.05) is 32.5 Å². The fraction of sp³-hybridized carbons (Fsp3) is 0.500. The number of nitrogens with one attached hydrogen (secondary N) is 3. The Kier molecular flexibility index (Phi) is 12.9. The first-order valence-corrected chi connectivity index (χ1v) is 8.58. The Morgan fingerprint density at radius 3 is 2.56 bits per heavy atom. The van der Waals surface area contributed by atoms with Crippen LogP contribution in [0, 0.1) is 5.92 Å². The number of fused-ring (bicyclic) bond motifs is 1. The number of nitrogens with zero attached hydrogens (tertiary/aromatic N) is 3. The van der Waals surface area contributed by atoms with Gasteiger partial charge in [-0.3, -0.25) is 4.79 Å². The molecule has 1 aliphatic rings. The highest BCUT2D eigenvalue weighted by atomic mass is 16.1. The van der Waals surface area contributed by atoms with E-state index < -0.39 is 0 Å². The molecule has 2 atom stereocenters. The van der Waals surface area contributed by atoms with Crippen molar-refractivity contribution >= 4 is 37.0 Å². The normalized spacial score (nSPS) is 18.9. The SMILES string of the molecule is C=O.C=O.CC1CCN(C)CCC1NC=O.CNc1cnc2[nH]ccc2n1. The first kappa shape index (κ1) is 24.2. The van der Waals surface area contributed by atoms with Gasteiger partial charge in [-0.15, -0.1) is 0 Å². The molecule has 9 heteroatoms. The molecule has 1 fully saturated rings. The monoisotopic (exact) mass is 378 g/mol. The molecule has 2 unspecified atom stereocenters. The smallest absolute Gasteiger partial charge is 0.207 e. The Balaban J connectivity index is 0.000000424. The largest absolute Gasteiger partial charge is 0.372 e. The first-order chi connectivity index (χ1) is 13.1. The number of rotatable bonds is 3. The topological polar surface area (TPSA) is 120 Å². The second-order valence-electron chi connectivity index (χ2n) is 5.97. The van der Waals surface area contributed by atoms with Crippen LogP contribution in [0.2, 0.25) is 0 Å². The minimum absolute atomic E-state index is 0.382. The van der Waals surface area contributed by atoms with Crippen LogP contribution < -0.4 is 10.6 Å². The Labute approximate surface area is 159 Å². The highest BCUT2D eigenvalue weighted by Crippen LogP contribution is 2.16. The maximum absolute atomic E-state index is 10.3. The van der Waals surface area contributed by atoms with Crippen molar-refractivity contribution in [3.63, 3.8) is 0 Å². The maximum atomic E-state index is 10.3. The quantitative estimate of drug-likeness (QED) is 0.684. The Hall–Kier alpha value is -2.81. The van der Waals surface area contributed by atoms with Crippen molar-refractivity contribution in [1.82, 2.24) is 25.2 Å². The zero-order valence-electron chi connectivity index (χ0n) is 16.3. The highest BCUT2D eigenvalue weighted by Gasteiger charge is 2.20. The number of hydrogen-bond donors (Lipinski definition) is 3. The van der Waals surface area contributed by atoms with E-state index in [0.717, 1.165) is 42.9 Å². The third-order valence-corrected chi connectivity index (χ3v) is 4.27. The third-order valence-electron chi connectivity index (χ3n) is 4.27. The summed E-state index contributed by atoms with van der Waals surface area (Å²) in [5, 5.41) is 5.81. The zero-order valence-corrected chi connectivity index (χ0v) is 16.3. The zero-order chi connectivity index (χ0) is 20.7.